The Hall–Kier alpha value is -5.59. The van der Waals surface area contributed by atoms with Crippen LogP contribution in [0, 0.1) is 40.4 Å². The van der Waals surface area contributed by atoms with Crippen LogP contribution in [0.1, 0.15) is 113 Å². The quantitative estimate of drug-likeness (QED) is 0.0186. The van der Waals surface area contributed by atoms with Crippen molar-refractivity contribution in [2.75, 3.05) is 70.4 Å². The minimum atomic E-state index is -1.05. The summed E-state index contributed by atoms with van der Waals surface area (Å²) in [5.41, 5.74) is -4.96. The topological polar surface area (TPSA) is 491 Å². The van der Waals surface area contributed by atoms with Crippen molar-refractivity contribution in [3.8, 4) is 12.1 Å². The lowest BCUT2D eigenvalue weighted by Crippen LogP contribution is -2.48. The van der Waals surface area contributed by atoms with E-state index in [4.69, 9.17) is 67.5 Å². The number of nitriles is 2. The molecule has 0 bridgehead atoms. The molecule has 0 spiro atoms. The maximum absolute atomic E-state index is 11.8. The van der Waals surface area contributed by atoms with Crippen molar-refractivity contribution in [3.63, 3.8) is 0 Å². The summed E-state index contributed by atoms with van der Waals surface area (Å²) in [4.78, 5) is 125. The first kappa shape index (κ1) is 97.8. The summed E-state index contributed by atoms with van der Waals surface area (Å²) in [6.45, 7) is 18.6. The predicted octanol–water partition coefficient (Wildman–Crippen LogP) is 1.63. The molecule has 43 heteroatoms. The van der Waals surface area contributed by atoms with Gasteiger partial charge < -0.3 is 67.2 Å². The summed E-state index contributed by atoms with van der Waals surface area (Å²) >= 11 is 8.56. The van der Waals surface area contributed by atoms with Gasteiger partial charge in [-0.25, -0.2) is 33.3 Å². The zero-order chi connectivity index (χ0) is 82.1. The van der Waals surface area contributed by atoms with Gasteiger partial charge in [-0.3, -0.25) is 71.7 Å². The lowest BCUT2D eigenvalue weighted by Gasteiger charge is -2.49. The van der Waals surface area contributed by atoms with Crippen LogP contribution in [0.3, 0.4) is 0 Å². The van der Waals surface area contributed by atoms with Crippen LogP contribution in [0.2, 0.25) is 0 Å². The van der Waals surface area contributed by atoms with E-state index in [9.17, 15) is 58.2 Å². The molecule has 6 aliphatic rings. The molecule has 11 heterocycles. The van der Waals surface area contributed by atoms with E-state index < -0.39 is 139 Å². The van der Waals surface area contributed by atoms with E-state index in [-0.39, 0.29) is 64.3 Å². The maximum Gasteiger partial charge on any atom is 0.330 e. The Balaban J connectivity index is 0.000000278. The molecule has 38 nitrogen and oxygen atoms in total. The lowest BCUT2D eigenvalue weighted by atomic mass is 9.98. The van der Waals surface area contributed by atoms with Gasteiger partial charge >= 0.3 is 28.4 Å². The largest absolute Gasteiger partial charge is 0.394 e. The van der Waals surface area contributed by atoms with Gasteiger partial charge in [-0.2, -0.15) is 33.1 Å². The average Bonchev–Trinajstić information content (AvgIpc) is 1.82. The highest BCUT2D eigenvalue weighted by atomic mass is 127. The Morgan fingerprint density at radius 1 is 0.532 bits per heavy atom. The van der Waals surface area contributed by atoms with Gasteiger partial charge in [0.2, 0.25) is 0 Å². The van der Waals surface area contributed by atoms with Crippen molar-refractivity contribution in [1.82, 2.24) is 57.1 Å². The Bertz CT molecular complexity index is 3840. The molecule has 11 rings (SSSR count). The highest BCUT2D eigenvalue weighted by molar-refractivity contribution is 14.1. The molecule has 4 unspecified atom stereocenters. The number of aromatic amines is 5. The summed E-state index contributed by atoms with van der Waals surface area (Å²) in [6.07, 6.45) is 1.08. The molecule has 0 saturated carbocycles. The molecule has 111 heavy (non-hydrogen) atoms. The number of hydrogen-bond donors (Lipinski definition) is 9. The lowest BCUT2D eigenvalue weighted by molar-refractivity contribution is -0.0625. The number of thiol groups is 1. The second-order valence-electron chi connectivity index (χ2n) is 26.3. The van der Waals surface area contributed by atoms with Crippen LogP contribution < -0.4 is 56.2 Å². The minimum Gasteiger partial charge on any atom is -0.394 e. The van der Waals surface area contributed by atoms with Crippen molar-refractivity contribution >= 4 is 76.2 Å². The smallest absolute Gasteiger partial charge is 0.330 e. The number of halogens is 2. The number of alkyl halides is 2. The Labute approximate surface area is 676 Å². The zero-order valence-corrected chi connectivity index (χ0v) is 72.0. The van der Waals surface area contributed by atoms with Crippen molar-refractivity contribution < 1.29 is 67.2 Å². The Morgan fingerprint density at radius 2 is 0.829 bits per heavy atom. The van der Waals surface area contributed by atoms with Crippen LogP contribution in [0.5, 0.6) is 0 Å². The first-order valence-electron chi connectivity index (χ1n) is 35.1. The van der Waals surface area contributed by atoms with E-state index in [1.165, 1.54) is 101 Å². The molecule has 0 radical (unpaired) electrons. The molecule has 6 aliphatic heterocycles. The molecular weight excluding hydrogens is 1740 g/mol. The number of nitrogens with one attached hydrogen (secondary N) is 5. The molecule has 5 aromatic heterocycles. The first-order chi connectivity index (χ1) is 52.3. The fourth-order valence-electron chi connectivity index (χ4n) is 13.2. The molecule has 5 aromatic rings. The first-order valence-corrected chi connectivity index (χ1v) is 40.0. The third-order valence-electron chi connectivity index (χ3n) is 19.0. The molecular formula is C68H106I2N14O24P2S. The molecule has 6 fully saturated rings. The molecule has 622 valence electrons. The normalized spacial score (nSPS) is 30.6. The number of aliphatic hydroxyl groups is 3. The predicted molar refractivity (Wildman–Crippen MR) is 432 cm³/mol. The number of aliphatic hydroxyl groups excluding tert-OH is 3. The molecule has 0 aliphatic carbocycles. The van der Waals surface area contributed by atoms with Crippen LogP contribution in [0.25, 0.3) is 0 Å². The highest BCUT2D eigenvalue weighted by Crippen LogP contribution is 2.53. The summed E-state index contributed by atoms with van der Waals surface area (Å²) < 4.78 is 73.4. The van der Waals surface area contributed by atoms with Gasteiger partial charge in [0, 0.05) is 154 Å². The van der Waals surface area contributed by atoms with Crippen LogP contribution >= 0.6 is 76.2 Å². The van der Waals surface area contributed by atoms with E-state index in [0.29, 0.717) is 41.3 Å². The van der Waals surface area contributed by atoms with E-state index in [1.54, 1.807) is 27.4 Å². The molecule has 8 N–H and O–H groups in total. The molecule has 24 atom stereocenters. The number of nitrogens with zero attached hydrogens (tertiary/aromatic N) is 9. The van der Waals surface area contributed by atoms with Gasteiger partial charge in [-0.1, -0.05) is 72.9 Å². The van der Waals surface area contributed by atoms with Crippen molar-refractivity contribution in [1.29, 1.82) is 10.5 Å². The minimum absolute atomic E-state index is 0. The Kier molecular flexibility index (Phi) is 41.8. The zero-order valence-electron chi connectivity index (χ0n) is 64.5. The number of rotatable bonds is 19. The fraction of sp³-hybridized carbons (Fsp3) is 0.676. The third-order valence-corrected chi connectivity index (χ3v) is 23.7. The van der Waals surface area contributed by atoms with Crippen molar-refractivity contribution in [2.45, 2.75) is 204 Å². The number of hydrogen-bond acceptors (Lipinski definition) is 29. The van der Waals surface area contributed by atoms with Gasteiger partial charge in [0.05, 0.1) is 56.2 Å². The van der Waals surface area contributed by atoms with Gasteiger partial charge in [0.15, 0.2) is 39.6 Å². The fourth-order valence-corrected chi connectivity index (χ4v) is 17.5. The number of ether oxygens (including phenoxy) is 10. The molecule has 0 amide bonds. The van der Waals surface area contributed by atoms with Gasteiger partial charge in [0.25, 0.3) is 27.8 Å². The number of aromatic nitrogens is 10. The van der Waals surface area contributed by atoms with Crippen molar-refractivity contribution in [2.24, 2.45) is 17.8 Å². The Morgan fingerprint density at radius 3 is 1.13 bits per heavy atom. The number of methoxy groups -OCH3 is 5. The maximum atomic E-state index is 11.8. The molecule has 0 aromatic carbocycles. The van der Waals surface area contributed by atoms with E-state index in [1.807, 2.05) is 27.7 Å². The summed E-state index contributed by atoms with van der Waals surface area (Å²) in [5, 5.41) is 44.8. The van der Waals surface area contributed by atoms with Crippen LogP contribution in [0.15, 0.2) is 109 Å². The van der Waals surface area contributed by atoms with E-state index in [2.05, 4.69) is 133 Å². The van der Waals surface area contributed by atoms with Crippen LogP contribution in [0.4, 0.5) is 0 Å². The summed E-state index contributed by atoms with van der Waals surface area (Å²) in [5.74, 6) is 1.06. The highest BCUT2D eigenvalue weighted by Gasteiger charge is 2.49. The van der Waals surface area contributed by atoms with Gasteiger partial charge in [-0.05, 0) is 47.6 Å². The van der Waals surface area contributed by atoms with E-state index in [0.717, 1.165) is 21.5 Å². The summed E-state index contributed by atoms with van der Waals surface area (Å²) in [6, 6.07) is 11.8. The SMILES string of the molecule is CC#N.CC1CC(C)N(C(C)C)P(OCCC#N)N1C.CC[C@H]1O[C@@H](n2ccc(=O)[nH]c2=O)[C@H](OC)[C@@H]1C.CO[C@@H]1[C@H](C)[C@@H](CI)O[C@H]1n1ccc(=O)[nH]c1=O.CO[C@@H]1[C@H](C)[C@@H](CS)O[C@H]1n1ccc(=O)[nH]c1=O.CO[C@@H]1[C@H](O)[C@@H](CI)O[C@H]1n1ccc(=O)[nH]c1=O.CO[C@@H]1[C@H](O)[C@@H](CO)O[C@H]1n1ccc(=O)[nH]c1=O.P. The number of H-pyrrole nitrogens is 5. The summed E-state index contributed by atoms with van der Waals surface area (Å²) in [7, 11) is 9.00. The van der Waals surface area contributed by atoms with Gasteiger partial charge in [0.1, 0.15) is 48.8 Å². The van der Waals surface area contributed by atoms with E-state index >= 15 is 0 Å². The second kappa shape index (κ2) is 47.4. The van der Waals surface area contributed by atoms with Crippen molar-refractivity contribution in [3.05, 3.63) is 166 Å². The third kappa shape index (κ3) is 25.2. The monoisotopic (exact) mass is 1850 g/mol. The average molecular weight is 1850 g/mol. The van der Waals surface area contributed by atoms with Gasteiger partial charge in [-0.15, -0.1) is 0 Å². The van der Waals surface area contributed by atoms with Crippen LogP contribution in [-0.4, -0.2) is 234 Å². The standard InChI is InChI=1S/C12H24N3OP.C12H18N2O4.C11H15IN2O4.C11H16N2O4S.C10H13IN2O5.C10H14N2O6.C2H3N.H3P/c1-10(2)15-12(4)9-11(3)14(5)17(15)16-8-6-7-13;1-4-8-7(2)10(17-3)11(18-8)14-6-5-9(15)13-12(14)16;1-6-7(5-12)18-10(9(6)17-2)14-4-3-8(15)13-11(14)16;1-6-7(5-18)17-10(9(6)16-2)13-4-3-8(14)12-11(13)15;1-17-8-7(15)5(4-11)18-9(8)13-3-2-6(14)12-10(13)16;1-17-8-7(15)5(4-13)18-9(8)12-3-2-6(14)11-10(12)16;1-2-3;/h10-12H,6,8-9H2,1-5H3;5-8,10-11H,4H2,1-3H3,(H,13,15,16);3-4,6-7,9-10H,5H2,1-2H3,(H,13,15,16);3-4,6-7,9-10,18H,5H2,1-2H3,(H,12,14,15);2-3,5,7-9,15H,4H2,1H3,(H,12,14,16);2-3,5,7-9,13,15H,4H2,1H3,(H,11,14,16);1H3;1H3/t;7-,8-,10-,11-;2*6-,7-,9-,10-;2*5-,7-,8-,9-;;/m.11111../s1. The van der Waals surface area contributed by atoms with Crippen LogP contribution in [-0.2, 0) is 51.9 Å². The second-order valence-corrected chi connectivity index (χ2v) is 30.2. The molecule has 6 saturated heterocycles.